The van der Waals surface area contributed by atoms with Gasteiger partial charge in [-0.25, -0.2) is 5.10 Å². The molecule has 0 unspecified atom stereocenters. The molecular weight excluding hydrogens is 432 g/mol. The van der Waals surface area contributed by atoms with E-state index in [1.807, 2.05) is 36.4 Å². The molecule has 2 N–H and O–H groups in total. The summed E-state index contributed by atoms with van der Waals surface area (Å²) in [5.41, 5.74) is 1.01. The molecule has 0 aliphatic rings. The lowest BCUT2D eigenvalue weighted by atomic mass is 9.95. The molecule has 0 aliphatic carbocycles. The van der Waals surface area contributed by atoms with Crippen LogP contribution in [0.25, 0.3) is 22.4 Å². The Morgan fingerprint density at radius 2 is 1.59 bits per heavy atom. The Morgan fingerprint density at radius 1 is 0.969 bits per heavy atom. The SMILES string of the molecule is O=C(Nc1ccc(Cl)c([N+](=O)[O-])c1)c1c(-c2ccccc2)c(-c2ccccc2)n[nH]c1=O. The highest BCUT2D eigenvalue weighted by Gasteiger charge is 2.24. The predicted molar refractivity (Wildman–Crippen MR) is 122 cm³/mol. The molecule has 3 aromatic carbocycles. The second-order valence-electron chi connectivity index (χ2n) is 6.76. The minimum absolute atomic E-state index is 0.0638. The lowest BCUT2D eigenvalue weighted by molar-refractivity contribution is -0.384. The molecule has 1 amide bonds. The average Bonchev–Trinajstić information content (AvgIpc) is 2.81. The average molecular weight is 447 g/mol. The molecule has 9 heteroatoms. The Bertz CT molecular complexity index is 1370. The highest BCUT2D eigenvalue weighted by atomic mass is 35.5. The van der Waals surface area contributed by atoms with Crippen molar-refractivity contribution < 1.29 is 9.72 Å². The van der Waals surface area contributed by atoms with E-state index in [4.69, 9.17) is 11.6 Å². The van der Waals surface area contributed by atoms with Crippen LogP contribution in [0.2, 0.25) is 5.02 Å². The van der Waals surface area contributed by atoms with Gasteiger partial charge in [0.2, 0.25) is 0 Å². The Kier molecular flexibility index (Phi) is 5.78. The Hall–Kier alpha value is -4.30. The molecule has 0 fully saturated rings. The zero-order valence-electron chi connectivity index (χ0n) is 16.4. The van der Waals surface area contributed by atoms with Crippen LogP contribution in [-0.2, 0) is 0 Å². The van der Waals surface area contributed by atoms with Crippen molar-refractivity contribution in [2.45, 2.75) is 0 Å². The Morgan fingerprint density at radius 3 is 2.22 bits per heavy atom. The number of nitro benzene ring substituents is 1. The predicted octanol–water partition coefficient (Wildman–Crippen LogP) is 4.92. The summed E-state index contributed by atoms with van der Waals surface area (Å²) in [6, 6.07) is 21.9. The first kappa shape index (κ1) is 21.0. The second-order valence-corrected chi connectivity index (χ2v) is 7.17. The number of aromatic nitrogens is 2. The van der Waals surface area contributed by atoms with Crippen LogP contribution in [0.3, 0.4) is 0 Å². The van der Waals surface area contributed by atoms with Crippen LogP contribution < -0.4 is 10.9 Å². The number of amides is 1. The third-order valence-electron chi connectivity index (χ3n) is 4.72. The summed E-state index contributed by atoms with van der Waals surface area (Å²) in [5.74, 6) is -0.735. The topological polar surface area (TPSA) is 118 Å². The van der Waals surface area contributed by atoms with Crippen LogP contribution in [0.1, 0.15) is 10.4 Å². The summed E-state index contributed by atoms with van der Waals surface area (Å²) in [5, 5.41) is 20.3. The van der Waals surface area contributed by atoms with Gasteiger partial charge in [-0.2, -0.15) is 5.10 Å². The van der Waals surface area contributed by atoms with Gasteiger partial charge in [-0.1, -0.05) is 72.3 Å². The first-order chi connectivity index (χ1) is 15.5. The quantitative estimate of drug-likeness (QED) is 0.333. The highest BCUT2D eigenvalue weighted by Crippen LogP contribution is 2.32. The second kappa shape index (κ2) is 8.83. The van der Waals surface area contributed by atoms with Crippen molar-refractivity contribution in [1.29, 1.82) is 0 Å². The summed E-state index contributed by atoms with van der Waals surface area (Å²) >= 11 is 5.85. The summed E-state index contributed by atoms with van der Waals surface area (Å²) in [6.45, 7) is 0. The van der Waals surface area contributed by atoms with E-state index in [-0.39, 0.29) is 22.0 Å². The molecule has 0 atom stereocenters. The minimum atomic E-state index is -0.735. The van der Waals surface area contributed by atoms with E-state index in [1.165, 1.54) is 12.1 Å². The molecule has 158 valence electrons. The number of carbonyl (C=O) groups excluding carboxylic acids is 1. The summed E-state index contributed by atoms with van der Waals surface area (Å²) in [7, 11) is 0. The monoisotopic (exact) mass is 446 g/mol. The van der Waals surface area contributed by atoms with Crippen molar-refractivity contribution in [2.75, 3.05) is 5.32 Å². The van der Waals surface area contributed by atoms with Crippen molar-refractivity contribution in [3.63, 3.8) is 0 Å². The van der Waals surface area contributed by atoms with E-state index >= 15 is 0 Å². The van der Waals surface area contributed by atoms with E-state index in [0.29, 0.717) is 22.4 Å². The van der Waals surface area contributed by atoms with E-state index in [9.17, 15) is 19.7 Å². The lowest BCUT2D eigenvalue weighted by Crippen LogP contribution is -2.26. The fraction of sp³-hybridized carbons (Fsp3) is 0. The molecule has 0 aliphatic heterocycles. The standard InChI is InChI=1S/C23H15ClN4O4/c24-17-12-11-16(13-18(17)28(31)32)25-22(29)20-19(14-7-3-1-4-8-14)21(26-27-23(20)30)15-9-5-2-6-10-15/h1-13H,(H,25,29)(H,27,30). The fourth-order valence-electron chi connectivity index (χ4n) is 3.28. The molecule has 0 bridgehead atoms. The molecule has 0 radical (unpaired) electrons. The first-order valence-electron chi connectivity index (χ1n) is 9.44. The summed E-state index contributed by atoms with van der Waals surface area (Å²) in [4.78, 5) is 36.5. The van der Waals surface area contributed by atoms with Gasteiger partial charge in [-0.05, 0) is 17.7 Å². The van der Waals surface area contributed by atoms with Crippen LogP contribution >= 0.6 is 11.6 Å². The lowest BCUT2D eigenvalue weighted by Gasteiger charge is -2.14. The van der Waals surface area contributed by atoms with Crippen LogP contribution in [0.5, 0.6) is 0 Å². The van der Waals surface area contributed by atoms with Gasteiger partial charge in [0.25, 0.3) is 17.2 Å². The number of hydrogen-bond acceptors (Lipinski definition) is 5. The third-order valence-corrected chi connectivity index (χ3v) is 5.04. The molecular formula is C23H15ClN4O4. The first-order valence-corrected chi connectivity index (χ1v) is 9.82. The van der Waals surface area contributed by atoms with Gasteiger partial charge in [0, 0.05) is 22.9 Å². The molecule has 32 heavy (non-hydrogen) atoms. The number of nitrogens with one attached hydrogen (secondary N) is 2. The molecule has 1 heterocycles. The van der Waals surface area contributed by atoms with E-state index in [2.05, 4.69) is 15.5 Å². The Balaban J connectivity index is 1.87. The number of H-pyrrole nitrogens is 1. The van der Waals surface area contributed by atoms with Crippen molar-refractivity contribution in [2.24, 2.45) is 0 Å². The zero-order chi connectivity index (χ0) is 22.7. The summed E-state index contributed by atoms with van der Waals surface area (Å²) < 4.78 is 0. The number of anilines is 1. The van der Waals surface area contributed by atoms with Crippen molar-refractivity contribution in [1.82, 2.24) is 10.2 Å². The molecule has 8 nitrogen and oxygen atoms in total. The van der Waals surface area contributed by atoms with Gasteiger partial charge in [0.15, 0.2) is 0 Å². The minimum Gasteiger partial charge on any atom is -0.322 e. The van der Waals surface area contributed by atoms with Crippen molar-refractivity contribution in [3.8, 4) is 22.4 Å². The number of aromatic amines is 1. The van der Waals surface area contributed by atoms with E-state index in [0.717, 1.165) is 6.07 Å². The largest absolute Gasteiger partial charge is 0.322 e. The maximum absolute atomic E-state index is 13.2. The molecule has 1 aromatic heterocycles. The van der Waals surface area contributed by atoms with Gasteiger partial charge in [0.05, 0.1) is 10.6 Å². The number of rotatable bonds is 5. The maximum Gasteiger partial charge on any atom is 0.289 e. The highest BCUT2D eigenvalue weighted by molar-refractivity contribution is 6.32. The van der Waals surface area contributed by atoms with Gasteiger partial charge >= 0.3 is 0 Å². The number of nitro groups is 1. The van der Waals surface area contributed by atoms with Gasteiger partial charge in [0.1, 0.15) is 10.6 Å². The third kappa shape index (κ3) is 4.12. The maximum atomic E-state index is 13.2. The number of nitrogens with zero attached hydrogens (tertiary/aromatic N) is 2. The Labute approximate surface area is 186 Å². The van der Waals surface area contributed by atoms with E-state index in [1.54, 1.807) is 24.3 Å². The number of benzene rings is 3. The van der Waals surface area contributed by atoms with Crippen molar-refractivity contribution >= 4 is 28.9 Å². The van der Waals surface area contributed by atoms with Crippen LogP contribution in [0.4, 0.5) is 11.4 Å². The normalized spacial score (nSPS) is 10.5. The van der Waals surface area contributed by atoms with Gasteiger partial charge in [-0.15, -0.1) is 0 Å². The number of hydrogen-bond donors (Lipinski definition) is 2. The fourth-order valence-corrected chi connectivity index (χ4v) is 3.47. The smallest absolute Gasteiger partial charge is 0.289 e. The molecule has 0 saturated carbocycles. The molecule has 4 aromatic rings. The van der Waals surface area contributed by atoms with Gasteiger partial charge in [-0.3, -0.25) is 19.7 Å². The van der Waals surface area contributed by atoms with Crippen LogP contribution in [0, 0.1) is 10.1 Å². The zero-order valence-corrected chi connectivity index (χ0v) is 17.2. The van der Waals surface area contributed by atoms with Crippen LogP contribution in [0.15, 0.2) is 83.7 Å². The number of halogens is 1. The summed E-state index contributed by atoms with van der Waals surface area (Å²) in [6.07, 6.45) is 0. The van der Waals surface area contributed by atoms with Crippen LogP contribution in [-0.4, -0.2) is 21.0 Å². The molecule has 0 spiro atoms. The van der Waals surface area contributed by atoms with Gasteiger partial charge < -0.3 is 5.32 Å². The molecule has 4 rings (SSSR count). The van der Waals surface area contributed by atoms with E-state index < -0.39 is 16.4 Å². The number of carbonyl (C=O) groups is 1. The molecule has 0 saturated heterocycles. The van der Waals surface area contributed by atoms with Crippen molar-refractivity contribution in [3.05, 3.63) is 110 Å².